The molecule has 1 aromatic rings. The van der Waals surface area contributed by atoms with Crippen molar-refractivity contribution in [3.8, 4) is 5.75 Å². The fourth-order valence-electron chi connectivity index (χ4n) is 2.73. The number of ether oxygens (including phenoxy) is 2. The topological polar surface area (TPSA) is 50.8 Å². The van der Waals surface area contributed by atoms with Crippen LogP contribution >= 0.6 is 11.6 Å². The predicted molar refractivity (Wildman–Crippen MR) is 113 cm³/mol. The van der Waals surface area contributed by atoms with E-state index < -0.39 is 0 Å². The quantitative estimate of drug-likeness (QED) is 0.473. The van der Waals surface area contributed by atoms with Gasteiger partial charge >= 0.3 is 0 Å². The zero-order chi connectivity index (χ0) is 20.4. The van der Waals surface area contributed by atoms with E-state index in [4.69, 9.17) is 21.1 Å². The van der Waals surface area contributed by atoms with Gasteiger partial charge in [0, 0.05) is 27.1 Å². The van der Waals surface area contributed by atoms with Gasteiger partial charge in [-0.25, -0.2) is 0 Å². The highest BCUT2D eigenvalue weighted by Gasteiger charge is 2.13. The second-order valence-electron chi connectivity index (χ2n) is 6.70. The number of carbonyl (C=O) groups is 1. The fourth-order valence-corrected chi connectivity index (χ4v) is 3.06. The molecule has 1 aromatic carbocycles. The van der Waals surface area contributed by atoms with Crippen LogP contribution in [-0.4, -0.2) is 39.9 Å². The minimum absolute atomic E-state index is 0.00597. The molecule has 0 aromatic heterocycles. The Labute approximate surface area is 168 Å². The molecule has 1 rings (SSSR count). The molecular formula is C21H31ClN2O3. The molecule has 1 N–H and O–H groups in total. The molecule has 1 unspecified atom stereocenters. The van der Waals surface area contributed by atoms with E-state index in [9.17, 15) is 4.79 Å². The molecule has 0 radical (unpaired) electrons. The molecule has 0 saturated heterocycles. The Kier molecular flexibility index (Phi) is 9.97. The number of amides is 1. The standard InChI is InChI=1S/C21H31ClN2O3/c1-15(9-7-8-10-16(2)23-17(3)25)11-18-12-19(24(4)14-26-5)21(22)20(13-18)27-6/h7-9,12-13,16H,10-11,14H2,1-6H3,(H,23,25)/b8-7+,15-9+. The molecule has 0 aliphatic rings. The molecule has 0 aliphatic heterocycles. The van der Waals surface area contributed by atoms with Crippen LogP contribution in [0.3, 0.4) is 0 Å². The number of rotatable bonds is 10. The lowest BCUT2D eigenvalue weighted by molar-refractivity contribution is -0.119. The Morgan fingerprint density at radius 2 is 2.04 bits per heavy atom. The van der Waals surface area contributed by atoms with Gasteiger partial charge < -0.3 is 19.7 Å². The highest BCUT2D eigenvalue weighted by atomic mass is 35.5. The van der Waals surface area contributed by atoms with E-state index in [0.717, 1.165) is 24.1 Å². The van der Waals surface area contributed by atoms with Crippen LogP contribution in [0.2, 0.25) is 5.02 Å². The van der Waals surface area contributed by atoms with Gasteiger partial charge in [-0.1, -0.05) is 35.4 Å². The van der Waals surface area contributed by atoms with Gasteiger partial charge in [0.05, 0.1) is 12.8 Å². The molecule has 0 fully saturated rings. The number of methoxy groups -OCH3 is 2. The number of hydrogen-bond donors (Lipinski definition) is 1. The molecule has 0 saturated carbocycles. The zero-order valence-corrected chi connectivity index (χ0v) is 17.9. The first-order valence-electron chi connectivity index (χ1n) is 8.94. The van der Waals surface area contributed by atoms with Crippen LogP contribution in [0, 0.1) is 0 Å². The first-order valence-corrected chi connectivity index (χ1v) is 9.32. The van der Waals surface area contributed by atoms with E-state index in [-0.39, 0.29) is 11.9 Å². The van der Waals surface area contributed by atoms with Crippen LogP contribution in [0.4, 0.5) is 5.69 Å². The first-order chi connectivity index (χ1) is 12.8. The second-order valence-corrected chi connectivity index (χ2v) is 7.08. The second kappa shape index (κ2) is 11.7. The summed E-state index contributed by atoms with van der Waals surface area (Å²) in [6, 6.07) is 4.16. The first kappa shape index (κ1) is 23.1. The summed E-state index contributed by atoms with van der Waals surface area (Å²) in [7, 11) is 5.19. The number of nitrogens with one attached hydrogen (secondary N) is 1. The van der Waals surface area contributed by atoms with Crippen molar-refractivity contribution in [2.24, 2.45) is 0 Å². The Bertz CT molecular complexity index is 686. The van der Waals surface area contributed by atoms with Crippen LogP contribution in [0.25, 0.3) is 0 Å². The van der Waals surface area contributed by atoms with E-state index >= 15 is 0 Å². The van der Waals surface area contributed by atoms with Crippen LogP contribution in [0.1, 0.15) is 32.8 Å². The molecule has 0 bridgehead atoms. The third-order valence-corrected chi connectivity index (χ3v) is 4.35. The van der Waals surface area contributed by atoms with Crippen LogP contribution in [0.15, 0.2) is 35.9 Å². The third kappa shape index (κ3) is 8.06. The maximum Gasteiger partial charge on any atom is 0.217 e. The lowest BCUT2D eigenvalue weighted by Gasteiger charge is -2.22. The van der Waals surface area contributed by atoms with Gasteiger partial charge in [-0.2, -0.15) is 0 Å². The molecule has 0 heterocycles. The summed E-state index contributed by atoms with van der Waals surface area (Å²) >= 11 is 6.44. The smallest absolute Gasteiger partial charge is 0.217 e. The molecule has 1 atom stereocenters. The van der Waals surface area contributed by atoms with Gasteiger partial charge in [0.1, 0.15) is 17.5 Å². The minimum atomic E-state index is -0.00597. The van der Waals surface area contributed by atoms with Crippen molar-refractivity contribution in [2.45, 2.75) is 39.7 Å². The van der Waals surface area contributed by atoms with E-state index in [0.29, 0.717) is 17.5 Å². The molecule has 0 spiro atoms. The van der Waals surface area contributed by atoms with Gasteiger partial charge in [-0.05, 0) is 44.4 Å². The number of nitrogens with zero attached hydrogens (tertiary/aromatic N) is 1. The van der Waals surface area contributed by atoms with E-state index in [1.54, 1.807) is 14.2 Å². The molecular weight excluding hydrogens is 364 g/mol. The van der Waals surface area contributed by atoms with Crippen molar-refractivity contribution in [1.29, 1.82) is 0 Å². The molecule has 0 aliphatic carbocycles. The largest absolute Gasteiger partial charge is 0.495 e. The van der Waals surface area contributed by atoms with Gasteiger partial charge in [0.25, 0.3) is 0 Å². The van der Waals surface area contributed by atoms with Crippen LogP contribution in [0.5, 0.6) is 5.75 Å². The Morgan fingerprint density at radius 1 is 1.33 bits per heavy atom. The molecule has 150 valence electrons. The van der Waals surface area contributed by atoms with E-state index in [2.05, 4.69) is 30.5 Å². The van der Waals surface area contributed by atoms with Crippen LogP contribution < -0.4 is 15.0 Å². The normalized spacial score (nSPS) is 12.9. The number of benzene rings is 1. The van der Waals surface area contributed by atoms with Crippen molar-refractivity contribution in [3.63, 3.8) is 0 Å². The Morgan fingerprint density at radius 3 is 2.63 bits per heavy atom. The van der Waals surface area contributed by atoms with E-state index in [1.165, 1.54) is 12.5 Å². The number of carbonyl (C=O) groups excluding carboxylic acids is 1. The summed E-state index contributed by atoms with van der Waals surface area (Å²) in [6.45, 7) is 6.04. The highest BCUT2D eigenvalue weighted by Crippen LogP contribution is 2.36. The third-order valence-electron chi connectivity index (χ3n) is 3.97. The summed E-state index contributed by atoms with van der Waals surface area (Å²) in [5, 5.41) is 3.44. The number of allylic oxidation sites excluding steroid dienone is 3. The lowest BCUT2D eigenvalue weighted by atomic mass is 10.0. The maximum atomic E-state index is 11.0. The average Bonchev–Trinajstić information content (AvgIpc) is 2.59. The zero-order valence-electron chi connectivity index (χ0n) is 17.1. The fraction of sp³-hybridized carbons (Fsp3) is 0.476. The lowest BCUT2D eigenvalue weighted by Crippen LogP contribution is -2.29. The molecule has 6 heteroatoms. The summed E-state index contributed by atoms with van der Waals surface area (Å²) in [5.41, 5.74) is 3.20. The van der Waals surface area contributed by atoms with Gasteiger partial charge in [-0.15, -0.1) is 0 Å². The predicted octanol–water partition coefficient (Wildman–Crippen LogP) is 4.35. The average molecular weight is 395 g/mol. The van der Waals surface area contributed by atoms with Gasteiger partial charge in [0.2, 0.25) is 5.91 Å². The molecule has 1 amide bonds. The van der Waals surface area contributed by atoms with Gasteiger partial charge in [-0.3, -0.25) is 4.79 Å². The van der Waals surface area contributed by atoms with Crippen molar-refractivity contribution in [1.82, 2.24) is 5.32 Å². The summed E-state index contributed by atoms with van der Waals surface area (Å²) in [4.78, 5) is 13.0. The summed E-state index contributed by atoms with van der Waals surface area (Å²) in [5.74, 6) is 0.646. The number of hydrogen-bond acceptors (Lipinski definition) is 4. The van der Waals surface area contributed by atoms with Crippen molar-refractivity contribution in [3.05, 3.63) is 46.5 Å². The van der Waals surface area contributed by atoms with Gasteiger partial charge in [0.15, 0.2) is 0 Å². The highest BCUT2D eigenvalue weighted by molar-refractivity contribution is 6.34. The van der Waals surface area contributed by atoms with E-state index in [1.807, 2.05) is 31.0 Å². The summed E-state index contributed by atoms with van der Waals surface area (Å²) < 4.78 is 10.6. The Balaban J connectivity index is 2.84. The number of anilines is 1. The molecule has 5 nitrogen and oxygen atoms in total. The maximum absolute atomic E-state index is 11.0. The van der Waals surface area contributed by atoms with Crippen molar-refractivity contribution in [2.75, 3.05) is 32.9 Å². The molecule has 27 heavy (non-hydrogen) atoms. The van der Waals surface area contributed by atoms with Crippen molar-refractivity contribution >= 4 is 23.2 Å². The SMILES string of the molecule is COCN(C)c1cc(C/C(C)=C/C=C/CC(C)NC(C)=O)cc(OC)c1Cl. The van der Waals surface area contributed by atoms with Crippen LogP contribution in [-0.2, 0) is 16.0 Å². The number of halogens is 1. The minimum Gasteiger partial charge on any atom is -0.495 e. The Hall–Kier alpha value is -1.98. The van der Waals surface area contributed by atoms with Crippen molar-refractivity contribution < 1.29 is 14.3 Å². The monoisotopic (exact) mass is 394 g/mol. The summed E-state index contributed by atoms with van der Waals surface area (Å²) in [6.07, 6.45) is 7.75.